The maximum absolute atomic E-state index is 12.7. The van der Waals surface area contributed by atoms with E-state index in [2.05, 4.69) is 12.2 Å². The van der Waals surface area contributed by atoms with Gasteiger partial charge in [0, 0.05) is 30.5 Å². The number of amides is 1. The molecule has 1 saturated heterocycles. The normalized spacial score (nSPS) is 15.6. The molecular formula is C27H28N4O3. The van der Waals surface area contributed by atoms with E-state index in [9.17, 15) is 10.1 Å². The van der Waals surface area contributed by atoms with Crippen molar-refractivity contribution in [3.8, 4) is 28.8 Å². The molecule has 1 aromatic heterocycles. The molecular weight excluding hydrogens is 428 g/mol. The molecule has 1 N–H and O–H groups in total. The third-order valence-corrected chi connectivity index (χ3v) is 5.52. The Hall–Kier alpha value is -3.89. The lowest BCUT2D eigenvalue weighted by molar-refractivity contribution is -0.117. The van der Waals surface area contributed by atoms with Crippen molar-refractivity contribution in [2.45, 2.75) is 32.3 Å². The van der Waals surface area contributed by atoms with Crippen molar-refractivity contribution in [1.82, 2.24) is 15.1 Å². The number of aromatic nitrogens is 2. The Morgan fingerprint density at radius 1 is 1.29 bits per heavy atom. The van der Waals surface area contributed by atoms with E-state index in [0.29, 0.717) is 31.0 Å². The molecule has 0 radical (unpaired) electrons. The van der Waals surface area contributed by atoms with Gasteiger partial charge in [-0.25, -0.2) is 4.68 Å². The van der Waals surface area contributed by atoms with E-state index in [4.69, 9.17) is 14.6 Å². The van der Waals surface area contributed by atoms with Crippen molar-refractivity contribution >= 4 is 12.0 Å². The van der Waals surface area contributed by atoms with E-state index in [0.717, 1.165) is 36.3 Å². The summed E-state index contributed by atoms with van der Waals surface area (Å²) in [6.45, 7) is 3.79. The predicted molar refractivity (Wildman–Crippen MR) is 130 cm³/mol. The third kappa shape index (κ3) is 5.72. The fraction of sp³-hybridized carbons (Fsp3) is 0.296. The van der Waals surface area contributed by atoms with Crippen molar-refractivity contribution in [3.05, 3.63) is 71.9 Å². The highest BCUT2D eigenvalue weighted by atomic mass is 16.5. The Bertz CT molecular complexity index is 1190. The summed E-state index contributed by atoms with van der Waals surface area (Å²) in [5, 5.41) is 17.3. The molecule has 7 heteroatoms. The standard InChI is InChI=1S/C27H28N4O3/c1-2-13-33-24-11-6-8-20(16-24)26-22(19-31(30-26)23-9-4-3-5-10-23)15-21(17-28)27(32)29-18-25-12-7-14-34-25/h3-6,8-11,15-16,19,25H,2,7,12-14,18H2,1H3,(H,29,32)/b21-15-. The van der Waals surface area contributed by atoms with Crippen LogP contribution in [0.5, 0.6) is 5.75 Å². The first-order valence-electron chi connectivity index (χ1n) is 11.6. The molecule has 174 valence electrons. The summed E-state index contributed by atoms with van der Waals surface area (Å²) >= 11 is 0. The minimum Gasteiger partial charge on any atom is -0.494 e. The summed E-state index contributed by atoms with van der Waals surface area (Å²) in [6, 6.07) is 19.4. The van der Waals surface area contributed by atoms with E-state index in [1.165, 1.54) is 0 Å². The molecule has 0 spiro atoms. The number of hydrogen-bond donors (Lipinski definition) is 1. The number of carbonyl (C=O) groups is 1. The van der Waals surface area contributed by atoms with Gasteiger partial charge in [0.25, 0.3) is 5.91 Å². The first-order valence-corrected chi connectivity index (χ1v) is 11.6. The largest absolute Gasteiger partial charge is 0.494 e. The Balaban J connectivity index is 1.68. The maximum atomic E-state index is 12.7. The van der Waals surface area contributed by atoms with E-state index in [-0.39, 0.29) is 11.7 Å². The highest BCUT2D eigenvalue weighted by Gasteiger charge is 2.19. The molecule has 7 nitrogen and oxygen atoms in total. The van der Waals surface area contributed by atoms with Gasteiger partial charge in [0.05, 0.1) is 18.4 Å². The summed E-state index contributed by atoms with van der Waals surface area (Å²) in [6.07, 6.45) is 6.24. The topological polar surface area (TPSA) is 89.2 Å². The first-order chi connectivity index (χ1) is 16.7. The van der Waals surface area contributed by atoms with Crippen LogP contribution in [0.15, 0.2) is 66.4 Å². The van der Waals surface area contributed by atoms with E-state index < -0.39 is 5.91 Å². The van der Waals surface area contributed by atoms with Crippen molar-refractivity contribution in [3.63, 3.8) is 0 Å². The summed E-state index contributed by atoms with van der Waals surface area (Å²) in [5.74, 6) is 0.329. The zero-order chi connectivity index (χ0) is 23.8. The van der Waals surface area contributed by atoms with Crippen LogP contribution >= 0.6 is 0 Å². The van der Waals surface area contributed by atoms with Gasteiger partial charge in [-0.15, -0.1) is 0 Å². The molecule has 0 aliphatic carbocycles. The number of benzene rings is 2. The van der Waals surface area contributed by atoms with Crippen molar-refractivity contribution in [2.75, 3.05) is 19.8 Å². The quantitative estimate of drug-likeness (QED) is 0.377. The number of para-hydroxylation sites is 1. The Morgan fingerprint density at radius 3 is 2.88 bits per heavy atom. The molecule has 1 amide bonds. The lowest BCUT2D eigenvalue weighted by Crippen LogP contribution is -2.32. The van der Waals surface area contributed by atoms with Crippen LogP contribution in [0.2, 0.25) is 0 Å². The van der Waals surface area contributed by atoms with Crippen LogP contribution < -0.4 is 10.1 Å². The van der Waals surface area contributed by atoms with Crippen LogP contribution in [0.1, 0.15) is 31.7 Å². The minimum absolute atomic E-state index is 0.00569. The zero-order valence-electron chi connectivity index (χ0n) is 19.2. The second-order valence-corrected chi connectivity index (χ2v) is 8.10. The zero-order valence-corrected chi connectivity index (χ0v) is 19.2. The smallest absolute Gasteiger partial charge is 0.262 e. The fourth-order valence-electron chi connectivity index (χ4n) is 3.79. The SMILES string of the molecule is CCCOc1cccc(-c2nn(-c3ccccc3)cc2/C=C(/C#N)C(=O)NCC2CCCO2)c1. The molecule has 3 aromatic rings. The molecule has 0 saturated carbocycles. The molecule has 1 atom stereocenters. The summed E-state index contributed by atoms with van der Waals surface area (Å²) < 4.78 is 13.1. The second kappa shape index (κ2) is 11.3. The molecule has 1 aliphatic heterocycles. The van der Waals surface area contributed by atoms with Gasteiger partial charge >= 0.3 is 0 Å². The monoisotopic (exact) mass is 456 g/mol. The van der Waals surface area contributed by atoms with E-state index >= 15 is 0 Å². The van der Waals surface area contributed by atoms with Gasteiger partial charge in [-0.3, -0.25) is 4.79 Å². The molecule has 34 heavy (non-hydrogen) atoms. The molecule has 4 rings (SSSR count). The van der Waals surface area contributed by atoms with E-state index in [1.54, 1.807) is 10.8 Å². The van der Waals surface area contributed by atoms with Crippen molar-refractivity contribution in [1.29, 1.82) is 5.26 Å². The number of rotatable bonds is 9. The molecule has 1 fully saturated rings. The van der Waals surface area contributed by atoms with Gasteiger partial charge in [0.2, 0.25) is 0 Å². The van der Waals surface area contributed by atoms with E-state index in [1.807, 2.05) is 66.9 Å². The molecule has 1 aliphatic rings. The fourth-order valence-corrected chi connectivity index (χ4v) is 3.79. The number of ether oxygens (including phenoxy) is 2. The maximum Gasteiger partial charge on any atom is 0.262 e. The van der Waals surface area contributed by atoms with Gasteiger partial charge in [-0.1, -0.05) is 37.3 Å². The highest BCUT2D eigenvalue weighted by molar-refractivity contribution is 6.02. The van der Waals surface area contributed by atoms with Crippen LogP contribution in [0.3, 0.4) is 0 Å². The number of nitrogens with zero attached hydrogens (tertiary/aromatic N) is 3. The van der Waals surface area contributed by atoms with Gasteiger partial charge in [0.1, 0.15) is 23.1 Å². The second-order valence-electron chi connectivity index (χ2n) is 8.10. The summed E-state index contributed by atoms with van der Waals surface area (Å²) in [5.41, 5.74) is 3.06. The number of carbonyl (C=O) groups excluding carboxylic acids is 1. The predicted octanol–water partition coefficient (Wildman–Crippen LogP) is 4.53. The number of nitriles is 1. The minimum atomic E-state index is -0.420. The Morgan fingerprint density at radius 2 is 2.15 bits per heavy atom. The first kappa shape index (κ1) is 23.3. The average molecular weight is 457 g/mol. The Kier molecular flexibility index (Phi) is 7.74. The molecule has 1 unspecified atom stereocenters. The highest BCUT2D eigenvalue weighted by Crippen LogP contribution is 2.28. The van der Waals surface area contributed by atoms with Gasteiger partial charge < -0.3 is 14.8 Å². The number of hydrogen-bond acceptors (Lipinski definition) is 5. The lowest BCUT2D eigenvalue weighted by Gasteiger charge is -2.10. The average Bonchev–Trinajstić information content (AvgIpc) is 3.55. The van der Waals surface area contributed by atoms with Crippen molar-refractivity contribution < 1.29 is 14.3 Å². The lowest BCUT2D eigenvalue weighted by atomic mass is 10.1. The molecule has 2 aromatic carbocycles. The third-order valence-electron chi connectivity index (χ3n) is 5.52. The molecule has 2 heterocycles. The van der Waals surface area contributed by atoms with Crippen LogP contribution in [0, 0.1) is 11.3 Å². The van der Waals surface area contributed by atoms with Crippen molar-refractivity contribution in [2.24, 2.45) is 0 Å². The van der Waals surface area contributed by atoms with Crippen LogP contribution in [0.25, 0.3) is 23.0 Å². The van der Waals surface area contributed by atoms with Gasteiger partial charge in [-0.2, -0.15) is 10.4 Å². The van der Waals surface area contributed by atoms with Crippen LogP contribution in [-0.2, 0) is 9.53 Å². The molecule has 0 bridgehead atoms. The van der Waals surface area contributed by atoms with Gasteiger partial charge in [-0.05, 0) is 49.6 Å². The summed E-state index contributed by atoms with van der Waals surface area (Å²) in [4.78, 5) is 12.7. The Labute approximate surface area is 199 Å². The van der Waals surface area contributed by atoms with Crippen LogP contribution in [0.4, 0.5) is 0 Å². The number of nitrogens with one attached hydrogen (secondary N) is 1. The van der Waals surface area contributed by atoms with Crippen LogP contribution in [-0.4, -0.2) is 41.6 Å². The van der Waals surface area contributed by atoms with Gasteiger partial charge in [0.15, 0.2) is 0 Å². The summed E-state index contributed by atoms with van der Waals surface area (Å²) in [7, 11) is 0.